The summed E-state index contributed by atoms with van der Waals surface area (Å²) in [4.78, 5) is 22.3. The molecule has 160 valence electrons. The van der Waals surface area contributed by atoms with Crippen molar-refractivity contribution in [3.8, 4) is 0 Å². The van der Waals surface area contributed by atoms with E-state index in [0.29, 0.717) is 22.4 Å². The highest BCUT2D eigenvalue weighted by Gasteiger charge is 2.29. The van der Waals surface area contributed by atoms with Gasteiger partial charge in [-0.1, -0.05) is 30.5 Å². The van der Waals surface area contributed by atoms with Gasteiger partial charge in [-0.2, -0.15) is 0 Å². The van der Waals surface area contributed by atoms with E-state index >= 15 is 0 Å². The second-order valence-corrected chi connectivity index (χ2v) is 9.09. The van der Waals surface area contributed by atoms with Crippen molar-refractivity contribution in [2.45, 2.75) is 57.5 Å². The number of amides is 1. The Balaban J connectivity index is 1.47. The third-order valence-electron chi connectivity index (χ3n) is 6.62. The zero-order chi connectivity index (χ0) is 21.1. The van der Waals surface area contributed by atoms with Gasteiger partial charge in [-0.15, -0.1) is 0 Å². The Labute approximate surface area is 184 Å². The van der Waals surface area contributed by atoms with Gasteiger partial charge in [-0.05, 0) is 62.4 Å². The molecule has 4 rings (SSSR count). The number of hydrogen-bond donors (Lipinski definition) is 1. The molecule has 1 aliphatic carbocycles. The third-order valence-corrected chi connectivity index (χ3v) is 6.86. The van der Waals surface area contributed by atoms with E-state index < -0.39 is 0 Å². The van der Waals surface area contributed by atoms with Crippen molar-refractivity contribution >= 4 is 29.0 Å². The Hall–Kier alpha value is -2.11. The number of aromatic nitrogens is 1. The van der Waals surface area contributed by atoms with Crippen molar-refractivity contribution in [1.82, 2.24) is 9.88 Å². The average Bonchev–Trinajstić information content (AvgIpc) is 3.30. The van der Waals surface area contributed by atoms with Crippen LogP contribution in [-0.4, -0.2) is 48.0 Å². The van der Waals surface area contributed by atoms with Gasteiger partial charge in [-0.25, -0.2) is 4.98 Å². The fourth-order valence-electron chi connectivity index (χ4n) is 4.83. The normalized spacial score (nSPS) is 18.5. The number of likely N-dealkylation sites (tertiary alicyclic amines) is 1. The number of hydrogen-bond acceptors (Lipinski definition) is 4. The molecular weight excluding hydrogens is 396 g/mol. The zero-order valence-electron chi connectivity index (χ0n) is 17.9. The number of aryl methyl sites for hydroxylation is 1. The van der Waals surface area contributed by atoms with Crippen molar-refractivity contribution in [2.75, 3.05) is 30.4 Å². The molecule has 1 aromatic carbocycles. The fourth-order valence-corrected chi connectivity index (χ4v) is 5.00. The van der Waals surface area contributed by atoms with Crippen LogP contribution in [0.15, 0.2) is 36.5 Å². The van der Waals surface area contributed by atoms with Crippen LogP contribution in [0.1, 0.15) is 54.4 Å². The molecule has 1 aliphatic heterocycles. The van der Waals surface area contributed by atoms with Gasteiger partial charge < -0.3 is 15.1 Å². The summed E-state index contributed by atoms with van der Waals surface area (Å²) < 4.78 is 0. The number of benzene rings is 1. The van der Waals surface area contributed by atoms with E-state index in [-0.39, 0.29) is 5.91 Å². The van der Waals surface area contributed by atoms with Gasteiger partial charge in [0.15, 0.2) is 0 Å². The van der Waals surface area contributed by atoms with Crippen molar-refractivity contribution in [3.05, 3.63) is 52.7 Å². The van der Waals surface area contributed by atoms with E-state index in [1.54, 1.807) is 12.3 Å². The second kappa shape index (κ2) is 9.36. The van der Waals surface area contributed by atoms with Crippen molar-refractivity contribution in [2.24, 2.45) is 0 Å². The summed E-state index contributed by atoms with van der Waals surface area (Å²) >= 11 is 6.25. The maximum atomic E-state index is 13.0. The van der Waals surface area contributed by atoms with Crippen LogP contribution >= 0.6 is 11.6 Å². The molecule has 1 amide bonds. The summed E-state index contributed by atoms with van der Waals surface area (Å²) in [5.41, 5.74) is 2.56. The summed E-state index contributed by atoms with van der Waals surface area (Å²) in [6.45, 7) is 4.25. The smallest absolute Gasteiger partial charge is 0.258 e. The molecule has 2 fully saturated rings. The molecule has 1 N–H and O–H groups in total. The first-order chi connectivity index (χ1) is 14.5. The molecule has 2 aromatic rings. The molecule has 30 heavy (non-hydrogen) atoms. The van der Waals surface area contributed by atoms with E-state index in [4.69, 9.17) is 11.6 Å². The molecule has 2 aliphatic rings. The predicted molar refractivity (Wildman–Crippen MR) is 124 cm³/mol. The van der Waals surface area contributed by atoms with E-state index in [2.05, 4.69) is 27.1 Å². The minimum absolute atomic E-state index is 0.181. The van der Waals surface area contributed by atoms with Crippen LogP contribution in [-0.2, 0) is 0 Å². The summed E-state index contributed by atoms with van der Waals surface area (Å²) in [5.74, 6) is 0.364. The number of nitrogens with one attached hydrogen (secondary N) is 1. The highest BCUT2D eigenvalue weighted by molar-refractivity contribution is 6.31. The first-order valence-corrected chi connectivity index (χ1v) is 11.4. The summed E-state index contributed by atoms with van der Waals surface area (Å²) in [6, 6.07) is 10.5. The molecule has 0 atom stereocenters. The Morgan fingerprint density at radius 2 is 1.87 bits per heavy atom. The van der Waals surface area contributed by atoms with Gasteiger partial charge in [-0.3, -0.25) is 4.79 Å². The number of pyridine rings is 1. The topological polar surface area (TPSA) is 48.5 Å². The number of carbonyl (C=O) groups excluding carboxylic acids is 1. The maximum absolute atomic E-state index is 13.0. The van der Waals surface area contributed by atoms with Crippen molar-refractivity contribution in [3.63, 3.8) is 0 Å². The molecular formula is C24H31ClN4O. The van der Waals surface area contributed by atoms with Crippen LogP contribution in [0.5, 0.6) is 0 Å². The standard InChI is InChI=1S/C24H31ClN4O/c1-17-7-10-23(26-16-17)27-24(30)21-15-18(25)8-9-22(21)28(2)19-11-13-29(14-12-19)20-5-3-4-6-20/h7-10,15-16,19-20H,3-6,11-14H2,1-2H3,(H,26,27,30). The summed E-state index contributed by atoms with van der Waals surface area (Å²) in [7, 11) is 2.10. The second-order valence-electron chi connectivity index (χ2n) is 8.65. The number of anilines is 2. The first kappa shape index (κ1) is 21.1. The lowest BCUT2D eigenvalue weighted by Crippen LogP contribution is -2.46. The molecule has 1 aromatic heterocycles. The highest BCUT2D eigenvalue weighted by atomic mass is 35.5. The van der Waals surface area contributed by atoms with Crippen LogP contribution < -0.4 is 10.2 Å². The molecule has 0 radical (unpaired) electrons. The number of rotatable bonds is 5. The Morgan fingerprint density at radius 1 is 1.13 bits per heavy atom. The number of carbonyl (C=O) groups is 1. The predicted octanol–water partition coefficient (Wildman–Crippen LogP) is 5.14. The first-order valence-electron chi connectivity index (χ1n) is 11.0. The van der Waals surface area contributed by atoms with E-state index in [9.17, 15) is 4.79 Å². The molecule has 0 unspecified atom stereocenters. The molecule has 1 saturated heterocycles. The minimum atomic E-state index is -0.181. The van der Waals surface area contributed by atoms with Crippen LogP contribution in [0.25, 0.3) is 0 Å². The lowest BCUT2D eigenvalue weighted by Gasteiger charge is -2.40. The number of piperidine rings is 1. The molecule has 0 spiro atoms. The average molecular weight is 427 g/mol. The van der Waals surface area contributed by atoms with E-state index in [1.165, 1.54) is 25.7 Å². The molecule has 1 saturated carbocycles. The van der Waals surface area contributed by atoms with Crippen LogP contribution in [0, 0.1) is 6.92 Å². The van der Waals surface area contributed by atoms with Gasteiger partial charge in [0.25, 0.3) is 5.91 Å². The van der Waals surface area contributed by atoms with Crippen molar-refractivity contribution in [1.29, 1.82) is 0 Å². The van der Waals surface area contributed by atoms with Gasteiger partial charge in [0.1, 0.15) is 5.82 Å². The van der Waals surface area contributed by atoms with Crippen molar-refractivity contribution < 1.29 is 4.79 Å². The molecule has 5 nitrogen and oxygen atoms in total. The van der Waals surface area contributed by atoms with Crippen LogP contribution in [0.2, 0.25) is 5.02 Å². The lowest BCUT2D eigenvalue weighted by molar-refractivity contribution is 0.102. The Bertz CT molecular complexity index is 871. The quantitative estimate of drug-likeness (QED) is 0.719. The number of nitrogens with zero attached hydrogens (tertiary/aromatic N) is 3. The largest absolute Gasteiger partial charge is 0.371 e. The number of halogens is 1. The van der Waals surface area contributed by atoms with Gasteiger partial charge in [0, 0.05) is 49.1 Å². The van der Waals surface area contributed by atoms with E-state index in [0.717, 1.165) is 43.2 Å². The van der Waals surface area contributed by atoms with E-state index in [1.807, 2.05) is 31.2 Å². The Kier molecular flexibility index (Phi) is 6.59. The minimum Gasteiger partial charge on any atom is -0.371 e. The molecule has 0 bridgehead atoms. The van der Waals surface area contributed by atoms with Gasteiger partial charge >= 0.3 is 0 Å². The molecule has 2 heterocycles. The summed E-state index contributed by atoms with van der Waals surface area (Å²) in [6.07, 6.45) is 9.46. The highest BCUT2D eigenvalue weighted by Crippen LogP contribution is 2.31. The Morgan fingerprint density at radius 3 is 2.53 bits per heavy atom. The monoisotopic (exact) mass is 426 g/mol. The third kappa shape index (κ3) is 4.79. The zero-order valence-corrected chi connectivity index (χ0v) is 18.7. The van der Waals surface area contributed by atoms with Crippen LogP contribution in [0.3, 0.4) is 0 Å². The van der Waals surface area contributed by atoms with Gasteiger partial charge in [0.05, 0.1) is 5.56 Å². The molecule has 6 heteroatoms. The van der Waals surface area contributed by atoms with Crippen LogP contribution in [0.4, 0.5) is 11.5 Å². The van der Waals surface area contributed by atoms with Gasteiger partial charge in [0.2, 0.25) is 0 Å². The maximum Gasteiger partial charge on any atom is 0.258 e. The fraction of sp³-hybridized carbons (Fsp3) is 0.500. The summed E-state index contributed by atoms with van der Waals surface area (Å²) in [5, 5.41) is 3.47. The lowest BCUT2D eigenvalue weighted by atomic mass is 9.99. The SMILES string of the molecule is Cc1ccc(NC(=O)c2cc(Cl)ccc2N(C)C2CCN(C3CCCC3)CC2)nc1.